The Bertz CT molecular complexity index is 3030. The van der Waals surface area contributed by atoms with Crippen molar-refractivity contribution < 1.29 is 0 Å². The average molecular weight is 717 g/mol. The summed E-state index contributed by atoms with van der Waals surface area (Å²) in [7, 11) is 0. The third kappa shape index (κ3) is 5.54. The van der Waals surface area contributed by atoms with Crippen LogP contribution in [0.15, 0.2) is 194 Å². The monoisotopic (exact) mass is 716 g/mol. The van der Waals surface area contributed by atoms with Crippen LogP contribution in [0.5, 0.6) is 0 Å². The van der Waals surface area contributed by atoms with E-state index in [2.05, 4.69) is 198 Å². The first-order chi connectivity index (χ1) is 27.7. The van der Waals surface area contributed by atoms with E-state index in [4.69, 9.17) is 9.97 Å². The van der Waals surface area contributed by atoms with Crippen molar-refractivity contribution in [3.05, 3.63) is 205 Å². The number of hydrogen-bond acceptors (Lipinski definition) is 3. The summed E-state index contributed by atoms with van der Waals surface area (Å²) in [6.07, 6.45) is 6.56. The van der Waals surface area contributed by atoms with Crippen LogP contribution in [-0.4, -0.2) is 14.5 Å². The van der Waals surface area contributed by atoms with E-state index in [0.29, 0.717) is 0 Å². The van der Waals surface area contributed by atoms with Crippen LogP contribution in [0.25, 0.3) is 72.4 Å². The molecule has 1 aliphatic carbocycles. The van der Waals surface area contributed by atoms with E-state index in [-0.39, 0.29) is 0 Å². The van der Waals surface area contributed by atoms with Crippen LogP contribution in [0.1, 0.15) is 24.1 Å². The maximum absolute atomic E-state index is 5.23. The van der Waals surface area contributed by atoms with Gasteiger partial charge in [-0.15, -0.1) is 0 Å². The minimum Gasteiger partial charge on any atom is -0.310 e. The number of fused-ring (bicyclic) bond motifs is 16. The van der Waals surface area contributed by atoms with E-state index in [1.165, 1.54) is 32.9 Å². The molecule has 2 aliphatic rings. The maximum atomic E-state index is 5.23. The molecule has 2 aromatic heterocycles. The maximum Gasteiger partial charge on any atom is 0.160 e. The number of rotatable bonds is 3. The largest absolute Gasteiger partial charge is 0.310 e. The molecule has 11 rings (SSSR count). The Hall–Kier alpha value is -7.30. The first kappa shape index (κ1) is 32.2. The van der Waals surface area contributed by atoms with Crippen LogP contribution in [0.3, 0.4) is 0 Å². The Morgan fingerprint density at radius 3 is 1.86 bits per heavy atom. The highest BCUT2D eigenvalue weighted by Crippen LogP contribution is 2.43. The summed E-state index contributed by atoms with van der Waals surface area (Å²) in [5.41, 5.74) is 16.6. The third-order valence-electron chi connectivity index (χ3n) is 11.2. The van der Waals surface area contributed by atoms with Crippen molar-refractivity contribution in [3.8, 4) is 39.5 Å². The Kier molecular flexibility index (Phi) is 7.59. The molecule has 4 heteroatoms. The smallest absolute Gasteiger partial charge is 0.160 e. The number of allylic oxidation sites excluding steroid dienone is 4. The molecule has 56 heavy (non-hydrogen) atoms. The number of anilines is 3. The molecular formula is C52H36N4. The van der Waals surface area contributed by atoms with Gasteiger partial charge in [-0.2, -0.15) is 0 Å². The van der Waals surface area contributed by atoms with Gasteiger partial charge < -0.3 is 9.47 Å². The molecule has 0 atom stereocenters. The van der Waals surface area contributed by atoms with Gasteiger partial charge in [-0.1, -0.05) is 115 Å². The fourth-order valence-electron chi connectivity index (χ4n) is 8.50. The lowest BCUT2D eigenvalue weighted by molar-refractivity contribution is 1.05. The van der Waals surface area contributed by atoms with Gasteiger partial charge in [0.15, 0.2) is 5.82 Å². The number of benzene rings is 7. The van der Waals surface area contributed by atoms with Crippen LogP contribution in [0.2, 0.25) is 0 Å². The first-order valence-corrected chi connectivity index (χ1v) is 19.3. The van der Waals surface area contributed by atoms with Crippen molar-refractivity contribution in [2.24, 2.45) is 0 Å². The lowest BCUT2D eigenvalue weighted by Gasteiger charge is -2.27. The lowest BCUT2D eigenvalue weighted by Crippen LogP contribution is -2.10. The van der Waals surface area contributed by atoms with Gasteiger partial charge >= 0.3 is 0 Å². The molecule has 4 nitrogen and oxygen atoms in total. The molecular weight excluding hydrogens is 681 g/mol. The van der Waals surface area contributed by atoms with Crippen molar-refractivity contribution in [1.29, 1.82) is 0 Å². The second kappa shape index (κ2) is 13.2. The summed E-state index contributed by atoms with van der Waals surface area (Å²) >= 11 is 0. The number of aromatic nitrogens is 3. The molecule has 0 amide bonds. The summed E-state index contributed by atoms with van der Waals surface area (Å²) in [6.45, 7) is 0. The van der Waals surface area contributed by atoms with Gasteiger partial charge in [0.25, 0.3) is 0 Å². The molecule has 0 saturated heterocycles. The Morgan fingerprint density at radius 2 is 1.02 bits per heavy atom. The normalized spacial score (nSPS) is 13.4. The van der Waals surface area contributed by atoms with E-state index in [9.17, 15) is 0 Å². The quantitative estimate of drug-likeness (QED) is 0.183. The van der Waals surface area contributed by atoms with Crippen LogP contribution in [-0.2, 0) is 0 Å². The summed E-state index contributed by atoms with van der Waals surface area (Å²) in [5, 5.41) is 2.45. The van der Waals surface area contributed by atoms with Gasteiger partial charge in [0.1, 0.15) is 0 Å². The Morgan fingerprint density at radius 1 is 0.411 bits per heavy atom. The Labute approximate surface area is 326 Å². The molecule has 0 radical (unpaired) electrons. The van der Waals surface area contributed by atoms with Gasteiger partial charge in [-0.3, -0.25) is 0 Å². The summed E-state index contributed by atoms with van der Waals surface area (Å²) in [4.78, 5) is 12.8. The summed E-state index contributed by atoms with van der Waals surface area (Å²) in [6, 6.07) is 65.5. The second-order valence-electron chi connectivity index (χ2n) is 14.6. The molecule has 264 valence electrons. The van der Waals surface area contributed by atoms with Gasteiger partial charge in [0, 0.05) is 44.6 Å². The van der Waals surface area contributed by atoms with E-state index < -0.39 is 0 Å². The molecule has 0 unspecified atom stereocenters. The van der Waals surface area contributed by atoms with E-state index in [1.807, 2.05) is 6.07 Å². The van der Waals surface area contributed by atoms with Crippen molar-refractivity contribution >= 4 is 50.0 Å². The zero-order valence-electron chi connectivity index (χ0n) is 30.7. The molecule has 1 aliphatic heterocycles. The van der Waals surface area contributed by atoms with Gasteiger partial charge in [0.05, 0.1) is 22.4 Å². The molecule has 9 aromatic rings. The van der Waals surface area contributed by atoms with Crippen molar-refractivity contribution in [3.63, 3.8) is 0 Å². The summed E-state index contributed by atoms with van der Waals surface area (Å²) in [5.74, 6) is 0.722. The van der Waals surface area contributed by atoms with Crippen LogP contribution >= 0.6 is 0 Å². The van der Waals surface area contributed by atoms with Crippen molar-refractivity contribution in [2.75, 3.05) is 4.90 Å². The van der Waals surface area contributed by atoms with E-state index in [0.717, 1.165) is 80.6 Å². The Balaban J connectivity index is 1.14. The SMILES string of the molecule is C1=C2CCC=C1c1cc(-c3ccccc3)nc(n1)-c1cccc(c1)-c1cccc(c1)N(c1ccc3c(c1)c1ccccc1n3-c1ccccc1)c1cccc2c1. The predicted molar refractivity (Wildman–Crippen MR) is 233 cm³/mol. The highest BCUT2D eigenvalue weighted by molar-refractivity contribution is 6.10. The fourth-order valence-corrected chi connectivity index (χ4v) is 8.50. The first-order valence-electron chi connectivity index (χ1n) is 19.3. The third-order valence-corrected chi connectivity index (χ3v) is 11.2. The molecule has 0 fully saturated rings. The topological polar surface area (TPSA) is 34.0 Å². The molecule has 3 heterocycles. The molecule has 10 bridgehead atoms. The molecule has 0 spiro atoms. The van der Waals surface area contributed by atoms with Crippen LogP contribution in [0.4, 0.5) is 17.1 Å². The van der Waals surface area contributed by atoms with Crippen LogP contribution in [0, 0.1) is 0 Å². The number of para-hydroxylation sites is 2. The lowest BCUT2D eigenvalue weighted by atomic mass is 9.91. The molecule has 0 saturated carbocycles. The predicted octanol–water partition coefficient (Wildman–Crippen LogP) is 13.6. The fraction of sp³-hybridized carbons (Fsp3) is 0.0385. The average Bonchev–Trinajstić information content (AvgIpc) is 3.61. The standard InChI is InChI=1S/C52H36N4/c1-3-13-35(14-4-1)48-34-49-40-19-9-15-36(29-40)38-17-11-23-43(31-38)55(44-24-12-18-39(32-44)37-16-10-20-41(30-37)52(53-48)54-49)45-27-28-51-47(33-45)46-25-7-8-26-50(46)56(51)42-21-5-2-6-22-42/h1-8,10-14,16-34H,9,15H2. The van der Waals surface area contributed by atoms with E-state index >= 15 is 0 Å². The minimum absolute atomic E-state index is 0.722. The minimum atomic E-state index is 0.722. The van der Waals surface area contributed by atoms with Crippen LogP contribution < -0.4 is 4.90 Å². The van der Waals surface area contributed by atoms with Crippen molar-refractivity contribution in [1.82, 2.24) is 14.5 Å². The van der Waals surface area contributed by atoms with Gasteiger partial charge in [0.2, 0.25) is 0 Å². The highest BCUT2D eigenvalue weighted by atomic mass is 15.1. The molecule has 7 aromatic carbocycles. The highest BCUT2D eigenvalue weighted by Gasteiger charge is 2.21. The number of hydrogen-bond donors (Lipinski definition) is 0. The second-order valence-corrected chi connectivity index (χ2v) is 14.6. The van der Waals surface area contributed by atoms with Gasteiger partial charge in [-0.05, 0) is 120 Å². The number of nitrogens with zero attached hydrogens (tertiary/aromatic N) is 4. The van der Waals surface area contributed by atoms with E-state index in [1.54, 1.807) is 0 Å². The zero-order valence-corrected chi connectivity index (χ0v) is 30.7. The zero-order chi connectivity index (χ0) is 37.0. The molecule has 0 N–H and O–H groups in total. The van der Waals surface area contributed by atoms with Crippen molar-refractivity contribution in [2.45, 2.75) is 12.8 Å². The van der Waals surface area contributed by atoms with Gasteiger partial charge in [-0.25, -0.2) is 9.97 Å². The summed E-state index contributed by atoms with van der Waals surface area (Å²) < 4.78 is 2.37.